The largest absolute Gasteiger partial charge is 0.369 e. The number of benzene rings is 1. The summed E-state index contributed by atoms with van der Waals surface area (Å²) < 4.78 is 6.16. The molecular formula is C11H16BrNO. The third-order valence-electron chi connectivity index (χ3n) is 2.04. The summed E-state index contributed by atoms with van der Waals surface area (Å²) in [5.74, 6) is 0. The topological polar surface area (TPSA) is 12.5 Å². The van der Waals surface area contributed by atoms with Crippen LogP contribution < -0.4 is 0 Å². The zero-order valence-electron chi connectivity index (χ0n) is 8.66. The Labute approximate surface area is 94.0 Å². The average Bonchev–Trinajstić information content (AvgIpc) is 2.17. The van der Waals surface area contributed by atoms with Gasteiger partial charge in [-0.05, 0) is 31.2 Å². The molecule has 0 heterocycles. The first-order valence-corrected chi connectivity index (χ1v) is 5.43. The van der Waals surface area contributed by atoms with Crippen molar-refractivity contribution in [1.82, 2.24) is 4.90 Å². The summed E-state index contributed by atoms with van der Waals surface area (Å²) in [6, 6.07) is 8.44. The van der Waals surface area contributed by atoms with Crippen molar-refractivity contribution in [3.63, 3.8) is 0 Å². The van der Waals surface area contributed by atoms with Gasteiger partial charge in [0.1, 0.15) is 0 Å². The predicted octanol–water partition coefficient (Wildman–Crippen LogP) is 2.53. The predicted molar refractivity (Wildman–Crippen MR) is 62.4 cm³/mol. The van der Waals surface area contributed by atoms with Gasteiger partial charge in [0.05, 0.1) is 6.73 Å². The minimum atomic E-state index is 0.691. The molecule has 0 amide bonds. The van der Waals surface area contributed by atoms with Gasteiger partial charge in [-0.2, -0.15) is 0 Å². The van der Waals surface area contributed by atoms with E-state index >= 15 is 0 Å². The highest BCUT2D eigenvalue weighted by atomic mass is 79.9. The van der Waals surface area contributed by atoms with Crippen molar-refractivity contribution in [1.29, 1.82) is 0 Å². The second-order valence-corrected chi connectivity index (χ2v) is 4.29. The number of hydrogen-bond acceptors (Lipinski definition) is 2. The zero-order valence-corrected chi connectivity index (χ0v) is 10.3. The number of rotatable bonds is 5. The molecule has 0 bridgehead atoms. The number of nitrogens with zero attached hydrogens (tertiary/aromatic N) is 1. The first-order valence-electron chi connectivity index (χ1n) is 4.64. The van der Waals surface area contributed by atoms with Crippen molar-refractivity contribution in [2.45, 2.75) is 6.42 Å². The smallest absolute Gasteiger partial charge is 0.0984 e. The third kappa shape index (κ3) is 4.22. The van der Waals surface area contributed by atoms with Gasteiger partial charge in [0.2, 0.25) is 0 Å². The van der Waals surface area contributed by atoms with Crippen LogP contribution in [0.4, 0.5) is 0 Å². The molecule has 0 aromatic heterocycles. The molecule has 2 nitrogen and oxygen atoms in total. The van der Waals surface area contributed by atoms with Crippen LogP contribution in [-0.2, 0) is 11.2 Å². The Morgan fingerprint density at radius 1 is 1.29 bits per heavy atom. The van der Waals surface area contributed by atoms with Crippen LogP contribution in [0.25, 0.3) is 0 Å². The monoisotopic (exact) mass is 257 g/mol. The van der Waals surface area contributed by atoms with Crippen LogP contribution in [0.1, 0.15) is 5.56 Å². The first-order chi connectivity index (χ1) is 6.72. The highest BCUT2D eigenvalue weighted by Crippen LogP contribution is 2.10. The molecule has 0 aliphatic rings. The van der Waals surface area contributed by atoms with Gasteiger partial charge in [0, 0.05) is 18.1 Å². The van der Waals surface area contributed by atoms with E-state index in [0.29, 0.717) is 6.73 Å². The molecule has 1 rings (SSSR count). The van der Waals surface area contributed by atoms with Gasteiger partial charge >= 0.3 is 0 Å². The molecule has 0 radical (unpaired) electrons. The Balaban J connectivity index is 2.34. The molecular weight excluding hydrogens is 242 g/mol. The van der Waals surface area contributed by atoms with Gasteiger partial charge in [-0.15, -0.1) is 0 Å². The zero-order chi connectivity index (χ0) is 10.4. The molecule has 0 saturated heterocycles. The van der Waals surface area contributed by atoms with E-state index in [-0.39, 0.29) is 0 Å². The van der Waals surface area contributed by atoms with Gasteiger partial charge in [-0.3, -0.25) is 4.90 Å². The summed E-state index contributed by atoms with van der Waals surface area (Å²) >= 11 is 3.42. The molecule has 0 saturated carbocycles. The Hall–Kier alpha value is -0.380. The van der Waals surface area contributed by atoms with E-state index in [9.17, 15) is 0 Å². The molecule has 3 heteroatoms. The van der Waals surface area contributed by atoms with Crippen LogP contribution in [0.2, 0.25) is 0 Å². The van der Waals surface area contributed by atoms with Crippen LogP contribution in [-0.4, -0.2) is 32.3 Å². The normalized spacial score (nSPS) is 10.9. The number of ether oxygens (including phenoxy) is 1. The summed E-state index contributed by atoms with van der Waals surface area (Å²) in [6.45, 7) is 1.71. The van der Waals surface area contributed by atoms with E-state index < -0.39 is 0 Å². The number of halogens is 1. The summed E-state index contributed by atoms with van der Waals surface area (Å²) in [4.78, 5) is 2.15. The number of hydrogen-bond donors (Lipinski definition) is 0. The fourth-order valence-electron chi connectivity index (χ4n) is 1.26. The van der Waals surface area contributed by atoms with Crippen LogP contribution in [0.3, 0.4) is 0 Å². The van der Waals surface area contributed by atoms with Crippen LogP contribution in [0.5, 0.6) is 0 Å². The lowest BCUT2D eigenvalue weighted by atomic mass is 10.1. The van der Waals surface area contributed by atoms with Crippen molar-refractivity contribution in [3.05, 3.63) is 34.3 Å². The van der Waals surface area contributed by atoms with Crippen molar-refractivity contribution in [2.75, 3.05) is 27.4 Å². The maximum Gasteiger partial charge on any atom is 0.0984 e. The van der Waals surface area contributed by atoms with Gasteiger partial charge in [-0.25, -0.2) is 0 Å². The van der Waals surface area contributed by atoms with Crippen molar-refractivity contribution >= 4 is 15.9 Å². The highest BCUT2D eigenvalue weighted by molar-refractivity contribution is 9.10. The molecule has 0 N–H and O–H groups in total. The first kappa shape index (κ1) is 11.7. The van der Waals surface area contributed by atoms with E-state index in [1.807, 2.05) is 0 Å². The fourth-order valence-corrected chi connectivity index (χ4v) is 1.52. The van der Waals surface area contributed by atoms with Gasteiger partial charge < -0.3 is 4.74 Å². The van der Waals surface area contributed by atoms with E-state index in [0.717, 1.165) is 17.4 Å². The molecule has 78 valence electrons. The molecule has 0 aliphatic carbocycles. The molecule has 1 aromatic rings. The Bertz CT molecular complexity index is 260. The van der Waals surface area contributed by atoms with E-state index in [4.69, 9.17) is 4.74 Å². The summed E-state index contributed by atoms with van der Waals surface area (Å²) in [7, 11) is 3.78. The van der Waals surface area contributed by atoms with E-state index in [1.54, 1.807) is 7.11 Å². The van der Waals surface area contributed by atoms with Crippen LogP contribution >= 0.6 is 15.9 Å². The number of likely N-dealkylation sites (N-methyl/N-ethyl adjacent to an activating group) is 1. The fraction of sp³-hybridized carbons (Fsp3) is 0.455. The molecule has 14 heavy (non-hydrogen) atoms. The lowest BCUT2D eigenvalue weighted by molar-refractivity contribution is 0.0827. The van der Waals surface area contributed by atoms with Crippen LogP contribution in [0, 0.1) is 0 Å². The summed E-state index contributed by atoms with van der Waals surface area (Å²) in [5, 5.41) is 0. The maximum atomic E-state index is 5.03. The lowest BCUT2D eigenvalue weighted by Gasteiger charge is -2.14. The van der Waals surface area contributed by atoms with Crippen molar-refractivity contribution in [3.8, 4) is 0 Å². The van der Waals surface area contributed by atoms with E-state index in [1.165, 1.54) is 5.56 Å². The van der Waals surface area contributed by atoms with Crippen molar-refractivity contribution in [2.24, 2.45) is 0 Å². The minimum Gasteiger partial charge on any atom is -0.369 e. The van der Waals surface area contributed by atoms with Gasteiger partial charge in [0.25, 0.3) is 0 Å². The molecule has 0 spiro atoms. The molecule has 0 atom stereocenters. The Kier molecular flexibility index (Phi) is 5.15. The Morgan fingerprint density at radius 2 is 1.93 bits per heavy atom. The molecule has 0 fully saturated rings. The number of methoxy groups -OCH3 is 1. The standard InChI is InChI=1S/C11H16BrNO/c1-13(9-14-2)8-7-10-3-5-11(12)6-4-10/h3-6H,7-9H2,1-2H3. The highest BCUT2D eigenvalue weighted by Gasteiger charge is 1.98. The summed E-state index contributed by atoms with van der Waals surface area (Å²) in [6.07, 6.45) is 1.06. The maximum absolute atomic E-state index is 5.03. The SMILES string of the molecule is COCN(C)CCc1ccc(Br)cc1. The average molecular weight is 258 g/mol. The lowest BCUT2D eigenvalue weighted by Crippen LogP contribution is -2.23. The van der Waals surface area contributed by atoms with Gasteiger partial charge in [0.15, 0.2) is 0 Å². The quantitative estimate of drug-likeness (QED) is 0.752. The minimum absolute atomic E-state index is 0.691. The van der Waals surface area contributed by atoms with Gasteiger partial charge in [-0.1, -0.05) is 28.1 Å². The van der Waals surface area contributed by atoms with E-state index in [2.05, 4.69) is 52.1 Å². The molecule has 1 aromatic carbocycles. The van der Waals surface area contributed by atoms with Crippen molar-refractivity contribution < 1.29 is 4.74 Å². The second-order valence-electron chi connectivity index (χ2n) is 3.37. The van der Waals surface area contributed by atoms with Crippen LogP contribution in [0.15, 0.2) is 28.7 Å². The second kappa shape index (κ2) is 6.17. The summed E-state index contributed by atoms with van der Waals surface area (Å²) in [5.41, 5.74) is 1.36. The molecule has 0 aliphatic heterocycles. The Morgan fingerprint density at radius 3 is 2.50 bits per heavy atom. The third-order valence-corrected chi connectivity index (χ3v) is 2.57. The molecule has 0 unspecified atom stereocenters.